The molecule has 1 atom stereocenters. The quantitative estimate of drug-likeness (QED) is 0.733. The van der Waals surface area contributed by atoms with Crippen LogP contribution in [-0.4, -0.2) is 71.3 Å². The summed E-state index contributed by atoms with van der Waals surface area (Å²) in [6.07, 6.45) is 4.18. The number of benzene rings is 1. The number of carbonyl (C=O) groups is 1. The fourth-order valence-electron chi connectivity index (χ4n) is 4.38. The van der Waals surface area contributed by atoms with Crippen LogP contribution in [0, 0.1) is 0 Å². The van der Waals surface area contributed by atoms with Crippen LogP contribution >= 0.6 is 11.3 Å². The number of carbonyl (C=O) groups excluding carboxylic acids is 1. The van der Waals surface area contributed by atoms with Crippen molar-refractivity contribution in [3.8, 4) is 10.6 Å². The highest BCUT2D eigenvalue weighted by atomic mass is 32.1. The van der Waals surface area contributed by atoms with Gasteiger partial charge < -0.3 is 14.7 Å². The summed E-state index contributed by atoms with van der Waals surface area (Å²) in [5, 5.41) is 12.3. The molecule has 2 fully saturated rings. The van der Waals surface area contributed by atoms with Gasteiger partial charge in [-0.05, 0) is 37.3 Å². The summed E-state index contributed by atoms with van der Waals surface area (Å²) in [5.74, 6) is 0.131. The van der Waals surface area contributed by atoms with E-state index >= 15 is 0 Å². The number of rotatable bonds is 7. The zero-order chi connectivity index (χ0) is 20.8. The minimum absolute atomic E-state index is 0.131. The van der Waals surface area contributed by atoms with Crippen molar-refractivity contribution in [3.63, 3.8) is 0 Å². The Morgan fingerprint density at radius 2 is 2.10 bits per heavy atom. The number of aliphatic hydroxyl groups excluding tert-OH is 1. The van der Waals surface area contributed by atoms with E-state index in [-0.39, 0.29) is 18.6 Å². The summed E-state index contributed by atoms with van der Waals surface area (Å²) in [4.78, 5) is 22.0. The summed E-state index contributed by atoms with van der Waals surface area (Å²) >= 11 is 1.60. The number of piperidine rings is 1. The fraction of sp³-hybridized carbons (Fsp3) is 0.565. The Morgan fingerprint density at radius 1 is 1.23 bits per heavy atom. The molecule has 1 amide bonds. The number of amides is 1. The molecule has 0 radical (unpaired) electrons. The van der Waals surface area contributed by atoms with Crippen LogP contribution in [-0.2, 0) is 22.5 Å². The van der Waals surface area contributed by atoms with E-state index in [9.17, 15) is 9.90 Å². The Hall–Kier alpha value is -1.80. The van der Waals surface area contributed by atoms with E-state index in [2.05, 4.69) is 29.2 Å². The molecule has 4 rings (SSSR count). The molecule has 1 aromatic carbocycles. The molecular formula is C23H31N3O3S. The first kappa shape index (κ1) is 21.4. The molecule has 1 unspecified atom stereocenters. The van der Waals surface area contributed by atoms with Gasteiger partial charge in [-0.15, -0.1) is 11.3 Å². The minimum Gasteiger partial charge on any atom is -0.396 e. The first-order valence-electron chi connectivity index (χ1n) is 11.0. The molecule has 162 valence electrons. The van der Waals surface area contributed by atoms with Crippen molar-refractivity contribution in [1.82, 2.24) is 14.8 Å². The van der Waals surface area contributed by atoms with Crippen LogP contribution in [0.15, 0.2) is 29.6 Å². The number of ether oxygens (including phenoxy) is 1. The van der Waals surface area contributed by atoms with Crippen molar-refractivity contribution in [1.29, 1.82) is 0 Å². The molecule has 3 heterocycles. The number of likely N-dealkylation sites (tertiary alicyclic amines) is 1. The first-order chi connectivity index (χ1) is 14.7. The van der Waals surface area contributed by atoms with Crippen LogP contribution < -0.4 is 0 Å². The largest absolute Gasteiger partial charge is 0.396 e. The number of aliphatic hydroxyl groups is 1. The SMILES string of the molecule is O=C(Cc1csc(-c2cccc(CN3CCOCC3)c2)n1)N1CCCCC1CCO. The second kappa shape index (κ2) is 10.5. The van der Waals surface area contributed by atoms with Gasteiger partial charge in [0.2, 0.25) is 5.91 Å². The molecule has 6 nitrogen and oxygen atoms in total. The normalized spacial score (nSPS) is 20.4. The lowest BCUT2D eigenvalue weighted by atomic mass is 9.99. The molecule has 2 saturated heterocycles. The molecule has 30 heavy (non-hydrogen) atoms. The van der Waals surface area contributed by atoms with Gasteiger partial charge in [0, 0.05) is 49.8 Å². The predicted octanol–water partition coefficient (Wildman–Crippen LogP) is 2.95. The maximum absolute atomic E-state index is 12.9. The third-order valence-electron chi connectivity index (χ3n) is 5.98. The zero-order valence-electron chi connectivity index (χ0n) is 17.5. The number of hydrogen-bond acceptors (Lipinski definition) is 6. The second-order valence-electron chi connectivity index (χ2n) is 8.16. The highest BCUT2D eigenvalue weighted by Gasteiger charge is 2.26. The van der Waals surface area contributed by atoms with E-state index in [1.165, 1.54) is 5.56 Å². The smallest absolute Gasteiger partial charge is 0.228 e. The Labute approximate surface area is 182 Å². The molecule has 0 spiro atoms. The summed E-state index contributed by atoms with van der Waals surface area (Å²) in [6, 6.07) is 8.72. The molecule has 0 saturated carbocycles. The van der Waals surface area contributed by atoms with Gasteiger partial charge in [0.1, 0.15) is 5.01 Å². The Bertz CT molecular complexity index is 833. The highest BCUT2D eigenvalue weighted by Crippen LogP contribution is 2.26. The van der Waals surface area contributed by atoms with Crippen LogP contribution in [0.1, 0.15) is 36.9 Å². The van der Waals surface area contributed by atoms with Crippen molar-refractivity contribution in [2.75, 3.05) is 39.5 Å². The van der Waals surface area contributed by atoms with Crippen molar-refractivity contribution in [2.24, 2.45) is 0 Å². The molecule has 0 bridgehead atoms. The number of thiazole rings is 1. The Kier molecular flexibility index (Phi) is 7.49. The van der Waals surface area contributed by atoms with Crippen molar-refractivity contribution >= 4 is 17.2 Å². The van der Waals surface area contributed by atoms with Gasteiger partial charge in [0.15, 0.2) is 0 Å². The van der Waals surface area contributed by atoms with E-state index in [0.29, 0.717) is 12.8 Å². The Balaban J connectivity index is 1.40. The summed E-state index contributed by atoms with van der Waals surface area (Å²) in [6.45, 7) is 5.41. The lowest BCUT2D eigenvalue weighted by Gasteiger charge is -2.35. The molecule has 2 aliphatic rings. The molecule has 1 N–H and O–H groups in total. The number of hydrogen-bond donors (Lipinski definition) is 1. The van der Waals surface area contributed by atoms with Crippen molar-refractivity contribution in [3.05, 3.63) is 40.9 Å². The number of nitrogens with zero attached hydrogens (tertiary/aromatic N) is 3. The third-order valence-corrected chi connectivity index (χ3v) is 6.92. The Morgan fingerprint density at radius 3 is 2.93 bits per heavy atom. The summed E-state index contributed by atoms with van der Waals surface area (Å²) < 4.78 is 5.44. The molecule has 2 aliphatic heterocycles. The van der Waals surface area contributed by atoms with Gasteiger partial charge >= 0.3 is 0 Å². The average Bonchev–Trinajstić information content (AvgIpc) is 3.24. The van der Waals surface area contributed by atoms with Gasteiger partial charge in [-0.3, -0.25) is 9.69 Å². The lowest BCUT2D eigenvalue weighted by Crippen LogP contribution is -2.44. The maximum atomic E-state index is 12.9. The van der Waals surface area contributed by atoms with Gasteiger partial charge in [-0.1, -0.05) is 18.2 Å². The van der Waals surface area contributed by atoms with E-state index < -0.39 is 0 Å². The molecule has 0 aliphatic carbocycles. The predicted molar refractivity (Wildman–Crippen MR) is 118 cm³/mol. The van der Waals surface area contributed by atoms with Crippen LogP contribution in [0.5, 0.6) is 0 Å². The van der Waals surface area contributed by atoms with Crippen molar-refractivity contribution in [2.45, 2.75) is 44.7 Å². The van der Waals surface area contributed by atoms with Crippen LogP contribution in [0.2, 0.25) is 0 Å². The van der Waals surface area contributed by atoms with E-state index in [1.807, 2.05) is 10.3 Å². The monoisotopic (exact) mass is 429 g/mol. The minimum atomic E-state index is 0.131. The van der Waals surface area contributed by atoms with E-state index in [1.54, 1.807) is 11.3 Å². The van der Waals surface area contributed by atoms with E-state index in [0.717, 1.165) is 74.9 Å². The van der Waals surface area contributed by atoms with Crippen LogP contribution in [0.3, 0.4) is 0 Å². The topological polar surface area (TPSA) is 65.9 Å². The number of aromatic nitrogens is 1. The maximum Gasteiger partial charge on any atom is 0.228 e. The van der Waals surface area contributed by atoms with Gasteiger partial charge in [0.25, 0.3) is 0 Å². The molecule has 1 aromatic heterocycles. The van der Waals surface area contributed by atoms with Gasteiger partial charge in [-0.25, -0.2) is 4.98 Å². The number of morpholine rings is 1. The molecular weight excluding hydrogens is 398 g/mol. The van der Waals surface area contributed by atoms with Crippen molar-refractivity contribution < 1.29 is 14.6 Å². The van der Waals surface area contributed by atoms with Gasteiger partial charge in [0.05, 0.1) is 25.3 Å². The first-order valence-corrected chi connectivity index (χ1v) is 11.8. The third kappa shape index (κ3) is 5.46. The second-order valence-corrected chi connectivity index (χ2v) is 9.02. The average molecular weight is 430 g/mol. The van der Waals surface area contributed by atoms with Gasteiger partial charge in [-0.2, -0.15) is 0 Å². The highest BCUT2D eigenvalue weighted by molar-refractivity contribution is 7.13. The lowest BCUT2D eigenvalue weighted by molar-refractivity contribution is -0.134. The standard InChI is InChI=1S/C23H31N3O3S/c27-11-7-21-6-1-2-8-26(21)22(28)15-20-17-30-23(24-20)19-5-3-4-18(14-19)16-25-9-12-29-13-10-25/h3-5,14,17,21,27H,1-2,6-13,15-16H2. The fourth-order valence-corrected chi connectivity index (χ4v) is 5.19. The summed E-state index contributed by atoms with van der Waals surface area (Å²) in [7, 11) is 0. The van der Waals surface area contributed by atoms with E-state index in [4.69, 9.17) is 9.72 Å². The van der Waals surface area contributed by atoms with Crippen LogP contribution in [0.25, 0.3) is 10.6 Å². The zero-order valence-corrected chi connectivity index (χ0v) is 18.3. The summed E-state index contributed by atoms with van der Waals surface area (Å²) in [5.41, 5.74) is 3.23. The molecule has 2 aromatic rings. The van der Waals surface area contributed by atoms with Crippen LogP contribution in [0.4, 0.5) is 0 Å². The molecule has 7 heteroatoms.